The second kappa shape index (κ2) is 15.0. The Morgan fingerprint density at radius 1 is 0.394 bits per heavy atom. The van der Waals surface area contributed by atoms with Gasteiger partial charge in [-0.05, 0) is 118 Å². The first-order valence-corrected chi connectivity index (χ1v) is 28.3. The number of fused-ring (bicyclic) bond motifs is 10. The van der Waals surface area contributed by atoms with Crippen molar-refractivity contribution in [2.45, 2.75) is 58.2 Å². The van der Waals surface area contributed by atoms with Gasteiger partial charge >= 0.3 is 0 Å². The molecule has 0 atom stereocenters. The van der Waals surface area contributed by atoms with Gasteiger partial charge in [-0.2, -0.15) is 0 Å². The molecular weight excluding hydrogens is 853 g/mol. The lowest BCUT2D eigenvalue weighted by Gasteiger charge is -2.31. The van der Waals surface area contributed by atoms with Crippen molar-refractivity contribution >= 4 is 90.2 Å². The van der Waals surface area contributed by atoms with Crippen LogP contribution in [0, 0.1) is 0 Å². The van der Waals surface area contributed by atoms with Crippen LogP contribution < -0.4 is 15.0 Å². The van der Waals surface area contributed by atoms with Crippen LogP contribution in [0.3, 0.4) is 0 Å². The number of thiophene rings is 2. The summed E-state index contributed by atoms with van der Waals surface area (Å²) in [6.07, 6.45) is 0. The zero-order valence-electron chi connectivity index (χ0n) is 38.6. The van der Waals surface area contributed by atoms with Crippen LogP contribution in [0.15, 0.2) is 188 Å². The number of anilines is 6. The van der Waals surface area contributed by atoms with Crippen LogP contribution in [0.25, 0.3) is 52.2 Å². The lowest BCUT2D eigenvalue weighted by atomic mass is 9.74. The highest BCUT2D eigenvalue weighted by molar-refractivity contribution is 7.25. The monoisotopic (exact) mass is 904 g/mol. The molecule has 66 heavy (non-hydrogen) atoms. The van der Waals surface area contributed by atoms with Crippen molar-refractivity contribution in [2.24, 2.45) is 0 Å². The van der Waals surface area contributed by atoms with Gasteiger partial charge in [0.2, 0.25) is 0 Å². The van der Waals surface area contributed by atoms with Gasteiger partial charge in [0.25, 0.3) is 0 Å². The van der Waals surface area contributed by atoms with Crippen molar-refractivity contribution < 1.29 is 0 Å². The molecule has 5 heteroatoms. The van der Waals surface area contributed by atoms with Gasteiger partial charge in [0.05, 0.1) is 13.8 Å². The summed E-state index contributed by atoms with van der Waals surface area (Å²) < 4.78 is 2.63. The van der Waals surface area contributed by atoms with Gasteiger partial charge in [0.15, 0.2) is 0 Å². The lowest BCUT2D eigenvalue weighted by molar-refractivity contribution is 0.603. The van der Waals surface area contributed by atoms with Crippen molar-refractivity contribution in [1.82, 2.24) is 0 Å². The summed E-state index contributed by atoms with van der Waals surface area (Å²) in [4.78, 5) is 7.78. The summed E-state index contributed by atoms with van der Waals surface area (Å²) in [7, 11) is -1.45. The highest BCUT2D eigenvalue weighted by Gasteiger charge is 2.48. The molecule has 0 saturated heterocycles. The van der Waals surface area contributed by atoms with Gasteiger partial charge in [-0.15, -0.1) is 22.7 Å². The van der Waals surface area contributed by atoms with Crippen LogP contribution >= 0.6 is 22.7 Å². The van der Waals surface area contributed by atoms with Crippen LogP contribution in [0.5, 0.6) is 0 Å². The fourth-order valence-electron chi connectivity index (χ4n) is 11.0. The lowest BCUT2D eigenvalue weighted by Crippen LogP contribution is -2.37. The molecular formula is C61H52N2S2Si. The van der Waals surface area contributed by atoms with Gasteiger partial charge in [-0.3, -0.25) is 0 Å². The fraction of sp³-hybridized carbons (Fsp3) is 0.148. The maximum Gasteiger partial charge on any atom is 0.0775 e. The Labute approximate surface area is 398 Å². The van der Waals surface area contributed by atoms with E-state index in [1.165, 1.54) is 102 Å². The van der Waals surface area contributed by atoms with Gasteiger partial charge in [0.1, 0.15) is 0 Å². The third-order valence-electron chi connectivity index (χ3n) is 14.4. The van der Waals surface area contributed by atoms with E-state index in [0.717, 1.165) is 11.4 Å². The van der Waals surface area contributed by atoms with E-state index in [-0.39, 0.29) is 10.8 Å². The van der Waals surface area contributed by atoms with Crippen molar-refractivity contribution in [1.29, 1.82) is 0 Å². The molecule has 2 aliphatic carbocycles. The Morgan fingerprint density at radius 2 is 0.894 bits per heavy atom. The zero-order valence-corrected chi connectivity index (χ0v) is 41.2. The summed E-state index contributed by atoms with van der Waals surface area (Å²) in [5.41, 5.74) is 17.5. The topological polar surface area (TPSA) is 6.48 Å². The Balaban J connectivity index is 0.973. The predicted octanol–water partition coefficient (Wildman–Crippen LogP) is 17.9. The second-order valence-corrected chi connectivity index (χ2v) is 27.4. The van der Waals surface area contributed by atoms with E-state index in [2.05, 4.69) is 245 Å². The Kier molecular flexibility index (Phi) is 9.32. The van der Waals surface area contributed by atoms with Crippen LogP contribution in [0.2, 0.25) is 19.6 Å². The number of hydrogen-bond donors (Lipinski definition) is 0. The van der Waals surface area contributed by atoms with Crippen LogP contribution in [0.1, 0.15) is 49.9 Å². The van der Waals surface area contributed by atoms with E-state index in [4.69, 9.17) is 0 Å². The first kappa shape index (κ1) is 41.0. The second-order valence-electron chi connectivity index (χ2n) is 20.2. The number of benzene rings is 8. The van der Waals surface area contributed by atoms with E-state index < -0.39 is 8.07 Å². The quantitative estimate of drug-likeness (QED) is 0.140. The molecule has 0 aliphatic heterocycles. The molecule has 0 radical (unpaired) electrons. The van der Waals surface area contributed by atoms with E-state index in [1.54, 1.807) is 0 Å². The summed E-state index contributed by atoms with van der Waals surface area (Å²) in [5, 5.41) is 4.08. The molecule has 0 bridgehead atoms. The summed E-state index contributed by atoms with van der Waals surface area (Å²) in [6, 6.07) is 70.3. The Hall–Kier alpha value is -6.50. The normalized spacial score (nSPS) is 14.2. The van der Waals surface area contributed by atoms with Crippen molar-refractivity contribution in [3.8, 4) is 32.0 Å². The first-order valence-electron chi connectivity index (χ1n) is 23.2. The molecule has 2 heterocycles. The zero-order chi connectivity index (χ0) is 45.1. The molecule has 322 valence electrons. The van der Waals surface area contributed by atoms with Gasteiger partial charge in [-0.1, -0.05) is 162 Å². The molecule has 10 aromatic rings. The summed E-state index contributed by atoms with van der Waals surface area (Å²) >= 11 is 3.87. The molecule has 0 amide bonds. The molecule has 0 saturated carbocycles. The molecule has 0 spiro atoms. The van der Waals surface area contributed by atoms with Crippen LogP contribution in [-0.4, -0.2) is 8.07 Å². The van der Waals surface area contributed by atoms with Crippen molar-refractivity contribution in [2.75, 3.05) is 9.80 Å². The maximum absolute atomic E-state index is 2.50. The largest absolute Gasteiger partial charge is 0.310 e. The van der Waals surface area contributed by atoms with E-state index >= 15 is 0 Å². The van der Waals surface area contributed by atoms with E-state index in [0.29, 0.717) is 0 Å². The maximum atomic E-state index is 2.50. The third-order valence-corrected chi connectivity index (χ3v) is 18.8. The SMILES string of the molecule is CC1(C)c2cc(N(c3ccccc3)c3ccc([Si](C)(C)C)cc3)ccc2-c2sc3c(c21)C(C)(C)c1cc(N(c2ccc4sc5ccccc5c4c2)c2ccccc2-c2ccccc2)ccc1-3. The predicted molar refractivity (Wildman–Crippen MR) is 290 cm³/mol. The molecule has 0 N–H and O–H groups in total. The number of nitrogens with zero attached hydrogens (tertiary/aromatic N) is 2. The van der Waals surface area contributed by atoms with Crippen molar-refractivity contribution in [3.05, 3.63) is 210 Å². The first-order chi connectivity index (χ1) is 31.9. The number of para-hydroxylation sites is 2. The smallest absolute Gasteiger partial charge is 0.0775 e. The highest BCUT2D eigenvalue weighted by Crippen LogP contribution is 2.64. The molecule has 0 fully saturated rings. The third kappa shape index (κ3) is 6.31. The fourth-order valence-corrected chi connectivity index (χ4v) is 14.9. The minimum atomic E-state index is -1.45. The minimum Gasteiger partial charge on any atom is -0.310 e. The standard InChI is InChI=1S/C61H52N2S2Si/c1-60(2)51-37-43(62(40-20-12-9-13-21-40)41-26-31-45(32-27-41)66(5,6)7)28-33-48(51)58-56(60)57-59(65-58)49-34-29-44(38-52(49)61(57,3)4)63(53-24-16-14-22-46(53)39-18-10-8-11-19-39)42-30-35-55-50(36-42)47-23-15-17-25-54(47)64-55/h8-38H,1-7H3. The highest BCUT2D eigenvalue weighted by atomic mass is 32.1. The Bertz CT molecular complexity index is 3520. The molecule has 2 aromatic heterocycles. The van der Waals surface area contributed by atoms with Gasteiger partial charge in [0, 0.05) is 74.8 Å². The molecule has 0 unspecified atom stereocenters. The van der Waals surface area contributed by atoms with E-state index in [1.807, 2.05) is 22.7 Å². The molecule has 8 aromatic carbocycles. The van der Waals surface area contributed by atoms with Crippen LogP contribution in [0.4, 0.5) is 34.1 Å². The molecule has 12 rings (SSSR count). The number of rotatable bonds is 8. The molecule has 2 aliphatic rings. The van der Waals surface area contributed by atoms with Gasteiger partial charge in [-0.25, -0.2) is 0 Å². The summed E-state index contributed by atoms with van der Waals surface area (Å²) in [6.45, 7) is 17.1. The Morgan fingerprint density at radius 3 is 1.55 bits per heavy atom. The van der Waals surface area contributed by atoms with E-state index in [9.17, 15) is 0 Å². The average Bonchev–Trinajstić information content (AvgIpc) is 4.03. The van der Waals surface area contributed by atoms with Crippen molar-refractivity contribution in [3.63, 3.8) is 0 Å². The van der Waals surface area contributed by atoms with Gasteiger partial charge < -0.3 is 9.80 Å². The number of hydrogen-bond acceptors (Lipinski definition) is 4. The summed E-state index contributed by atoms with van der Waals surface area (Å²) in [5.74, 6) is 0. The minimum absolute atomic E-state index is 0.198. The van der Waals surface area contributed by atoms with Crippen LogP contribution in [-0.2, 0) is 10.8 Å². The molecule has 2 nitrogen and oxygen atoms in total. The average molecular weight is 905 g/mol.